The Balaban J connectivity index is 1.60. The van der Waals surface area contributed by atoms with E-state index in [-0.39, 0.29) is 11.8 Å². The molecule has 0 spiro atoms. The number of hydrogen-bond acceptors (Lipinski definition) is 4. The molecule has 136 valence electrons. The fourth-order valence-corrected chi connectivity index (χ4v) is 2.97. The lowest BCUT2D eigenvalue weighted by atomic mass is 10.1. The van der Waals surface area contributed by atoms with Crippen LogP contribution in [0.1, 0.15) is 40.5 Å². The first-order chi connectivity index (χ1) is 12.6. The van der Waals surface area contributed by atoms with E-state index in [0.29, 0.717) is 38.2 Å². The van der Waals surface area contributed by atoms with Crippen molar-refractivity contribution in [2.75, 3.05) is 18.4 Å². The van der Waals surface area contributed by atoms with Crippen LogP contribution in [0, 0.1) is 6.92 Å². The number of hydrogen-bond donors (Lipinski definition) is 2. The molecule has 1 aliphatic rings. The molecule has 0 unspecified atom stereocenters. The van der Waals surface area contributed by atoms with Crippen LogP contribution in [0.3, 0.4) is 0 Å². The Bertz CT molecular complexity index is 819. The molecule has 1 aliphatic heterocycles. The van der Waals surface area contributed by atoms with E-state index in [2.05, 4.69) is 34.7 Å². The number of fused-ring (bicyclic) bond motifs is 1. The van der Waals surface area contributed by atoms with Crippen molar-refractivity contribution < 1.29 is 9.59 Å². The molecule has 1 aromatic heterocycles. The molecule has 26 heavy (non-hydrogen) atoms. The molecule has 0 saturated carbocycles. The van der Waals surface area contributed by atoms with Gasteiger partial charge in [0.05, 0.1) is 17.8 Å². The third-order valence-corrected chi connectivity index (χ3v) is 4.58. The lowest BCUT2D eigenvalue weighted by Crippen LogP contribution is -2.34. The minimum Gasteiger partial charge on any atom is -0.366 e. The van der Waals surface area contributed by atoms with Crippen molar-refractivity contribution in [3.05, 3.63) is 58.8 Å². The number of carbonyl (C=O) groups excluding carboxylic acids is 2. The number of carbonyl (C=O) groups is 2. The number of aryl methyl sites for hydroxylation is 1. The van der Waals surface area contributed by atoms with Crippen LogP contribution in [0.25, 0.3) is 0 Å². The van der Waals surface area contributed by atoms with E-state index in [0.717, 1.165) is 11.5 Å². The number of amides is 2. The summed E-state index contributed by atoms with van der Waals surface area (Å²) in [5.74, 6) is 0.736. The van der Waals surface area contributed by atoms with Gasteiger partial charge in [-0.2, -0.15) is 0 Å². The van der Waals surface area contributed by atoms with Crippen molar-refractivity contribution >= 4 is 17.6 Å². The fourth-order valence-electron chi connectivity index (χ4n) is 2.97. The zero-order valence-corrected chi connectivity index (χ0v) is 15.2. The highest BCUT2D eigenvalue weighted by Crippen LogP contribution is 2.22. The normalized spacial score (nSPS) is 12.8. The van der Waals surface area contributed by atoms with Crippen molar-refractivity contribution in [1.82, 2.24) is 15.2 Å². The monoisotopic (exact) mass is 352 g/mol. The summed E-state index contributed by atoms with van der Waals surface area (Å²) in [5, 5.41) is 6.13. The molecular weight excluding hydrogens is 328 g/mol. The minimum atomic E-state index is -0.0244. The molecule has 2 N–H and O–H groups in total. The standard InChI is InChI=1S/C20H24N4O2/c1-3-19(25)21-10-11-24-13-17-16(20(24)26)8-9-18(23-17)22-12-15-7-5-4-6-14(15)2/h4-9H,3,10-13H2,1-2H3,(H,21,25)(H,22,23). The second-order valence-corrected chi connectivity index (χ2v) is 6.40. The summed E-state index contributed by atoms with van der Waals surface area (Å²) in [5.41, 5.74) is 3.88. The molecule has 6 nitrogen and oxygen atoms in total. The van der Waals surface area contributed by atoms with E-state index >= 15 is 0 Å². The quantitative estimate of drug-likeness (QED) is 0.803. The van der Waals surface area contributed by atoms with Gasteiger partial charge in [-0.25, -0.2) is 4.98 Å². The van der Waals surface area contributed by atoms with E-state index in [1.165, 1.54) is 11.1 Å². The van der Waals surface area contributed by atoms with Crippen LogP contribution in [0.15, 0.2) is 36.4 Å². The lowest BCUT2D eigenvalue weighted by Gasteiger charge is -2.15. The highest BCUT2D eigenvalue weighted by Gasteiger charge is 2.28. The second-order valence-electron chi connectivity index (χ2n) is 6.40. The zero-order valence-electron chi connectivity index (χ0n) is 15.2. The Hall–Kier alpha value is -2.89. The molecule has 1 aromatic carbocycles. The number of pyridine rings is 1. The zero-order chi connectivity index (χ0) is 18.5. The topological polar surface area (TPSA) is 74.3 Å². The van der Waals surface area contributed by atoms with E-state index < -0.39 is 0 Å². The van der Waals surface area contributed by atoms with Crippen molar-refractivity contribution in [3.8, 4) is 0 Å². The van der Waals surface area contributed by atoms with Gasteiger partial charge in [-0.15, -0.1) is 0 Å². The molecule has 2 aromatic rings. The molecule has 0 fully saturated rings. The third kappa shape index (κ3) is 4.02. The molecule has 2 amide bonds. The van der Waals surface area contributed by atoms with Gasteiger partial charge < -0.3 is 15.5 Å². The molecule has 0 atom stereocenters. The van der Waals surface area contributed by atoms with Gasteiger partial charge >= 0.3 is 0 Å². The Morgan fingerprint density at radius 2 is 2.04 bits per heavy atom. The van der Waals surface area contributed by atoms with E-state index in [1.807, 2.05) is 31.2 Å². The number of nitrogens with one attached hydrogen (secondary N) is 2. The molecule has 2 heterocycles. The largest absolute Gasteiger partial charge is 0.366 e. The van der Waals surface area contributed by atoms with Crippen LogP contribution in [0.5, 0.6) is 0 Å². The number of anilines is 1. The summed E-state index contributed by atoms with van der Waals surface area (Å²) in [7, 11) is 0. The Morgan fingerprint density at radius 1 is 1.23 bits per heavy atom. The van der Waals surface area contributed by atoms with E-state index in [9.17, 15) is 9.59 Å². The van der Waals surface area contributed by atoms with E-state index in [1.54, 1.807) is 4.90 Å². The maximum atomic E-state index is 12.4. The number of benzene rings is 1. The SMILES string of the molecule is CCC(=O)NCCN1Cc2nc(NCc3ccccc3C)ccc2C1=O. The fraction of sp³-hybridized carbons (Fsp3) is 0.350. The second kappa shape index (κ2) is 7.99. The van der Waals surface area contributed by atoms with Gasteiger partial charge in [-0.05, 0) is 30.2 Å². The maximum absolute atomic E-state index is 12.4. The van der Waals surface area contributed by atoms with E-state index in [4.69, 9.17) is 0 Å². The van der Waals surface area contributed by atoms with Gasteiger partial charge in [0.2, 0.25) is 5.91 Å². The number of rotatable bonds is 7. The summed E-state index contributed by atoms with van der Waals surface area (Å²) in [6, 6.07) is 11.9. The van der Waals surface area contributed by atoms with Gasteiger partial charge in [0, 0.05) is 26.1 Å². The van der Waals surface area contributed by atoms with Crippen LogP contribution in [-0.4, -0.2) is 34.8 Å². The average molecular weight is 352 g/mol. The van der Waals surface area contributed by atoms with Crippen LogP contribution >= 0.6 is 0 Å². The Kier molecular flexibility index (Phi) is 5.51. The minimum absolute atomic E-state index is 0.00465. The molecule has 6 heteroatoms. The number of aromatic nitrogens is 1. The summed E-state index contributed by atoms with van der Waals surface area (Å²) in [6.07, 6.45) is 0.450. The number of nitrogens with zero attached hydrogens (tertiary/aromatic N) is 2. The molecule has 0 bridgehead atoms. The maximum Gasteiger partial charge on any atom is 0.256 e. The van der Waals surface area contributed by atoms with Gasteiger partial charge in [0.15, 0.2) is 0 Å². The molecule has 0 radical (unpaired) electrons. The Labute approximate surface area is 153 Å². The summed E-state index contributed by atoms with van der Waals surface area (Å²) in [6.45, 7) is 6.02. The smallest absolute Gasteiger partial charge is 0.256 e. The van der Waals surface area contributed by atoms with Crippen molar-refractivity contribution in [2.24, 2.45) is 0 Å². The predicted octanol–water partition coefficient (Wildman–Crippen LogP) is 2.48. The molecule has 0 saturated heterocycles. The van der Waals surface area contributed by atoms with Gasteiger partial charge in [-0.1, -0.05) is 31.2 Å². The average Bonchev–Trinajstić information content (AvgIpc) is 2.96. The first-order valence-electron chi connectivity index (χ1n) is 8.92. The van der Waals surface area contributed by atoms with Crippen LogP contribution in [-0.2, 0) is 17.9 Å². The van der Waals surface area contributed by atoms with Crippen molar-refractivity contribution in [3.63, 3.8) is 0 Å². The molecule has 0 aliphatic carbocycles. The Morgan fingerprint density at radius 3 is 2.81 bits per heavy atom. The van der Waals surface area contributed by atoms with Gasteiger partial charge in [-0.3, -0.25) is 9.59 Å². The van der Waals surface area contributed by atoms with Crippen molar-refractivity contribution in [1.29, 1.82) is 0 Å². The van der Waals surface area contributed by atoms with Crippen LogP contribution in [0.2, 0.25) is 0 Å². The van der Waals surface area contributed by atoms with Gasteiger partial charge in [0.1, 0.15) is 5.82 Å². The highest BCUT2D eigenvalue weighted by atomic mass is 16.2. The van der Waals surface area contributed by atoms with Crippen LogP contribution < -0.4 is 10.6 Å². The predicted molar refractivity (Wildman–Crippen MR) is 101 cm³/mol. The molecule has 3 rings (SSSR count). The summed E-state index contributed by atoms with van der Waals surface area (Å²) >= 11 is 0. The van der Waals surface area contributed by atoms with Crippen LogP contribution in [0.4, 0.5) is 5.82 Å². The highest BCUT2D eigenvalue weighted by molar-refractivity contribution is 5.98. The third-order valence-electron chi connectivity index (χ3n) is 4.58. The van der Waals surface area contributed by atoms with Gasteiger partial charge in [0.25, 0.3) is 5.91 Å². The lowest BCUT2D eigenvalue weighted by molar-refractivity contribution is -0.120. The summed E-state index contributed by atoms with van der Waals surface area (Å²) < 4.78 is 0. The summed E-state index contributed by atoms with van der Waals surface area (Å²) in [4.78, 5) is 30.1. The first-order valence-corrected chi connectivity index (χ1v) is 8.92. The first kappa shape index (κ1) is 17.9. The molecular formula is C20H24N4O2. The van der Waals surface area contributed by atoms with Crippen molar-refractivity contribution in [2.45, 2.75) is 33.4 Å².